The summed E-state index contributed by atoms with van der Waals surface area (Å²) in [7, 11) is 0. The minimum Gasteiger partial charge on any atom is -0.466 e. The van der Waals surface area contributed by atoms with Crippen molar-refractivity contribution in [3.05, 3.63) is 16.8 Å². The van der Waals surface area contributed by atoms with Crippen LogP contribution >= 0.6 is 11.3 Å². The molecule has 2 aromatic heterocycles. The fraction of sp³-hybridized carbons (Fsp3) is 0.588. The lowest BCUT2D eigenvalue weighted by Crippen LogP contribution is -2.37. The number of nitrogens with zero attached hydrogens (tertiary/aromatic N) is 3. The number of carbonyl (C=O) groups is 1. The van der Waals surface area contributed by atoms with Crippen LogP contribution in [-0.2, 0) is 16.0 Å². The maximum atomic E-state index is 11.9. The monoisotopic (exact) mass is 333 g/mol. The van der Waals surface area contributed by atoms with Crippen molar-refractivity contribution in [2.24, 2.45) is 5.92 Å². The highest BCUT2D eigenvalue weighted by Gasteiger charge is 2.27. The Bertz CT molecular complexity index is 705. The number of aromatic nitrogens is 2. The second-order valence-electron chi connectivity index (χ2n) is 5.91. The number of thiophene rings is 1. The van der Waals surface area contributed by atoms with Crippen LogP contribution in [0.5, 0.6) is 0 Å². The maximum Gasteiger partial charge on any atom is 0.309 e. The second-order valence-corrected chi connectivity index (χ2v) is 7.14. The van der Waals surface area contributed by atoms with Crippen molar-refractivity contribution in [1.29, 1.82) is 0 Å². The summed E-state index contributed by atoms with van der Waals surface area (Å²) in [5, 5.41) is 1.14. The van der Waals surface area contributed by atoms with E-state index in [2.05, 4.69) is 29.8 Å². The molecular formula is C17H23N3O2S. The van der Waals surface area contributed by atoms with E-state index in [1.807, 2.05) is 6.92 Å². The number of fused-ring (bicyclic) bond motifs is 1. The van der Waals surface area contributed by atoms with Gasteiger partial charge in [-0.2, -0.15) is 0 Å². The molecule has 1 aliphatic rings. The van der Waals surface area contributed by atoms with Crippen LogP contribution in [-0.4, -0.2) is 35.6 Å². The average molecular weight is 333 g/mol. The van der Waals surface area contributed by atoms with Gasteiger partial charge in [0.1, 0.15) is 16.5 Å². The normalized spacial score (nSPS) is 16.0. The quantitative estimate of drug-likeness (QED) is 0.803. The molecule has 0 amide bonds. The zero-order valence-corrected chi connectivity index (χ0v) is 14.8. The number of hydrogen-bond donors (Lipinski definition) is 0. The largest absolute Gasteiger partial charge is 0.466 e. The van der Waals surface area contributed by atoms with Crippen LogP contribution in [0.3, 0.4) is 0 Å². The van der Waals surface area contributed by atoms with E-state index >= 15 is 0 Å². The molecule has 1 fully saturated rings. The van der Waals surface area contributed by atoms with Gasteiger partial charge >= 0.3 is 5.97 Å². The number of ether oxygens (including phenoxy) is 1. The van der Waals surface area contributed by atoms with Gasteiger partial charge in [-0.1, -0.05) is 6.92 Å². The third-order valence-electron chi connectivity index (χ3n) is 4.27. The molecule has 1 aliphatic heterocycles. The number of rotatable bonds is 4. The summed E-state index contributed by atoms with van der Waals surface area (Å²) in [4.78, 5) is 25.9. The topological polar surface area (TPSA) is 55.3 Å². The van der Waals surface area contributed by atoms with Gasteiger partial charge in [0.15, 0.2) is 0 Å². The molecule has 5 nitrogen and oxygen atoms in total. The summed E-state index contributed by atoms with van der Waals surface area (Å²) >= 11 is 1.72. The Morgan fingerprint density at radius 3 is 2.74 bits per heavy atom. The highest BCUT2D eigenvalue weighted by molar-refractivity contribution is 7.18. The van der Waals surface area contributed by atoms with E-state index in [9.17, 15) is 4.79 Å². The summed E-state index contributed by atoms with van der Waals surface area (Å²) in [6.07, 6.45) is 2.49. The van der Waals surface area contributed by atoms with Crippen LogP contribution < -0.4 is 4.90 Å². The molecular weight excluding hydrogens is 310 g/mol. The van der Waals surface area contributed by atoms with Crippen LogP contribution in [0.1, 0.15) is 37.4 Å². The minimum atomic E-state index is -0.0550. The van der Waals surface area contributed by atoms with Gasteiger partial charge in [0, 0.05) is 24.4 Å². The highest BCUT2D eigenvalue weighted by atomic mass is 32.1. The molecule has 0 aliphatic carbocycles. The van der Waals surface area contributed by atoms with E-state index in [0.29, 0.717) is 6.61 Å². The van der Waals surface area contributed by atoms with E-state index in [4.69, 9.17) is 9.72 Å². The Kier molecular flexibility index (Phi) is 4.80. The lowest BCUT2D eigenvalue weighted by molar-refractivity contribution is -0.148. The molecule has 0 radical (unpaired) electrons. The smallest absolute Gasteiger partial charge is 0.309 e. The number of hydrogen-bond acceptors (Lipinski definition) is 6. The number of anilines is 1. The molecule has 1 saturated heterocycles. The Labute approximate surface area is 140 Å². The third kappa shape index (κ3) is 3.32. The number of piperidine rings is 1. The number of esters is 1. The highest BCUT2D eigenvalue weighted by Crippen LogP contribution is 2.33. The maximum absolute atomic E-state index is 11.9. The summed E-state index contributed by atoms with van der Waals surface area (Å²) in [6.45, 7) is 8.18. The fourth-order valence-corrected chi connectivity index (χ4v) is 3.95. The summed E-state index contributed by atoms with van der Waals surface area (Å²) in [6, 6.07) is 2.17. The van der Waals surface area contributed by atoms with Crippen molar-refractivity contribution < 1.29 is 9.53 Å². The Balaban J connectivity index is 1.83. The standard InChI is InChI=1S/C17H23N3O2S/c1-4-14-18-15(13-10-11(3)23-16(13)19-14)20-8-6-12(7-9-20)17(21)22-5-2/h10,12H,4-9H2,1-3H3. The summed E-state index contributed by atoms with van der Waals surface area (Å²) in [5.41, 5.74) is 0. The molecule has 0 atom stereocenters. The average Bonchev–Trinajstić information content (AvgIpc) is 2.94. The predicted molar refractivity (Wildman–Crippen MR) is 93.1 cm³/mol. The number of aryl methyl sites for hydroxylation is 2. The zero-order chi connectivity index (χ0) is 16.4. The SMILES string of the molecule is CCOC(=O)C1CCN(c2nc(CC)nc3sc(C)cc23)CC1. The molecule has 0 bridgehead atoms. The molecule has 3 rings (SSSR count). The van der Waals surface area contributed by atoms with Crippen molar-refractivity contribution in [1.82, 2.24) is 9.97 Å². The molecule has 0 N–H and O–H groups in total. The lowest BCUT2D eigenvalue weighted by atomic mass is 9.97. The Hall–Kier alpha value is -1.69. The van der Waals surface area contributed by atoms with Gasteiger partial charge in [-0.05, 0) is 32.8 Å². The third-order valence-corrected chi connectivity index (χ3v) is 5.22. The summed E-state index contributed by atoms with van der Waals surface area (Å²) < 4.78 is 5.15. The Morgan fingerprint density at radius 2 is 2.09 bits per heavy atom. The van der Waals surface area contributed by atoms with Crippen molar-refractivity contribution in [3.63, 3.8) is 0 Å². The van der Waals surface area contributed by atoms with Crippen molar-refractivity contribution in [2.45, 2.75) is 40.0 Å². The first-order chi connectivity index (χ1) is 11.1. The van der Waals surface area contributed by atoms with Gasteiger partial charge < -0.3 is 9.64 Å². The molecule has 0 aromatic carbocycles. The van der Waals surface area contributed by atoms with E-state index in [1.165, 1.54) is 4.88 Å². The van der Waals surface area contributed by atoms with E-state index in [0.717, 1.165) is 54.2 Å². The first-order valence-electron chi connectivity index (χ1n) is 8.31. The van der Waals surface area contributed by atoms with Crippen molar-refractivity contribution in [3.8, 4) is 0 Å². The van der Waals surface area contributed by atoms with Crippen LogP contribution in [0, 0.1) is 12.8 Å². The van der Waals surface area contributed by atoms with E-state index < -0.39 is 0 Å². The zero-order valence-electron chi connectivity index (χ0n) is 14.0. The van der Waals surface area contributed by atoms with Gasteiger partial charge in [-0.25, -0.2) is 9.97 Å². The molecule has 3 heterocycles. The Morgan fingerprint density at radius 1 is 1.35 bits per heavy atom. The predicted octanol–water partition coefficient (Wildman–Crippen LogP) is 3.34. The van der Waals surface area contributed by atoms with Crippen molar-refractivity contribution >= 4 is 33.3 Å². The minimum absolute atomic E-state index is 0.0263. The molecule has 6 heteroatoms. The molecule has 0 spiro atoms. The molecule has 2 aromatic rings. The van der Waals surface area contributed by atoms with Crippen molar-refractivity contribution in [2.75, 3.05) is 24.6 Å². The lowest BCUT2D eigenvalue weighted by Gasteiger charge is -2.32. The molecule has 0 saturated carbocycles. The van der Waals surface area contributed by atoms with Gasteiger partial charge in [-0.3, -0.25) is 4.79 Å². The van der Waals surface area contributed by atoms with Gasteiger partial charge in [-0.15, -0.1) is 11.3 Å². The van der Waals surface area contributed by atoms with Crippen LogP contribution in [0.25, 0.3) is 10.2 Å². The second kappa shape index (κ2) is 6.83. The van der Waals surface area contributed by atoms with Gasteiger partial charge in [0.05, 0.1) is 17.9 Å². The van der Waals surface area contributed by atoms with Crippen LogP contribution in [0.4, 0.5) is 5.82 Å². The summed E-state index contributed by atoms with van der Waals surface area (Å²) in [5.74, 6) is 1.89. The van der Waals surface area contributed by atoms with E-state index in [-0.39, 0.29) is 11.9 Å². The van der Waals surface area contributed by atoms with Gasteiger partial charge in [0.25, 0.3) is 0 Å². The molecule has 0 unspecified atom stereocenters. The molecule has 124 valence electrons. The first-order valence-corrected chi connectivity index (χ1v) is 9.12. The van der Waals surface area contributed by atoms with Gasteiger partial charge in [0.2, 0.25) is 0 Å². The fourth-order valence-electron chi connectivity index (χ4n) is 3.06. The van der Waals surface area contributed by atoms with Crippen LogP contribution in [0.15, 0.2) is 6.07 Å². The van der Waals surface area contributed by atoms with Crippen LogP contribution in [0.2, 0.25) is 0 Å². The van der Waals surface area contributed by atoms with E-state index in [1.54, 1.807) is 11.3 Å². The molecule has 23 heavy (non-hydrogen) atoms. The number of carbonyl (C=O) groups excluding carboxylic acids is 1. The first kappa shape index (κ1) is 16.2.